The Bertz CT molecular complexity index is 579. The fraction of sp³-hybridized carbons (Fsp3) is 0.444. The summed E-state index contributed by atoms with van der Waals surface area (Å²) in [6.45, 7) is 1.99. The van der Waals surface area contributed by atoms with E-state index in [2.05, 4.69) is 24.8 Å². The average Bonchev–Trinajstić information content (AvgIpc) is 2.84. The minimum Gasteiger partial charge on any atom is -0.382 e. The van der Waals surface area contributed by atoms with E-state index in [1.165, 1.54) is 12.8 Å². The molecular weight excluding hydrogens is 224 g/mol. The van der Waals surface area contributed by atoms with Gasteiger partial charge in [-0.3, -0.25) is 0 Å². The first kappa shape index (κ1) is 9.59. The molecule has 0 aliphatic carbocycles. The maximum Gasteiger partial charge on any atom is 0.229 e. The van der Waals surface area contributed by atoms with Crippen molar-refractivity contribution in [2.45, 2.75) is 12.8 Å². The number of fused-ring (bicyclic) bond motifs is 1. The molecule has 0 spiro atoms. The van der Waals surface area contributed by atoms with Crippen LogP contribution in [0, 0.1) is 4.77 Å². The number of aromatic nitrogens is 4. The van der Waals surface area contributed by atoms with E-state index >= 15 is 0 Å². The molecule has 1 aliphatic rings. The van der Waals surface area contributed by atoms with Gasteiger partial charge in [0.15, 0.2) is 16.2 Å². The minimum absolute atomic E-state index is 0.444. The molecule has 6 nitrogen and oxygen atoms in total. The molecule has 2 aromatic heterocycles. The highest BCUT2D eigenvalue weighted by Crippen LogP contribution is 2.21. The zero-order chi connectivity index (χ0) is 11.1. The van der Waals surface area contributed by atoms with Crippen molar-refractivity contribution in [1.82, 2.24) is 19.9 Å². The molecule has 0 aromatic carbocycles. The van der Waals surface area contributed by atoms with Crippen LogP contribution < -0.4 is 10.6 Å². The van der Waals surface area contributed by atoms with E-state index in [-0.39, 0.29) is 0 Å². The molecular formula is C9H12N6S. The standard InChI is InChI=1S/C9H12N6S/c10-6-5-7(14-9(16)11-5)13-8(12-6)15-3-1-2-4-15/h1-4H2,(H4,10,11,12,13,14,16). The normalized spacial score (nSPS) is 16.1. The molecule has 2 aromatic rings. The zero-order valence-corrected chi connectivity index (χ0v) is 9.47. The van der Waals surface area contributed by atoms with Crippen molar-refractivity contribution in [2.75, 3.05) is 23.7 Å². The molecule has 3 rings (SSSR count). The second-order valence-corrected chi connectivity index (χ2v) is 4.31. The lowest BCUT2D eigenvalue weighted by atomic mass is 10.4. The summed E-state index contributed by atoms with van der Waals surface area (Å²) < 4.78 is 0.523. The number of aromatic amines is 2. The Morgan fingerprint density at radius 1 is 1.19 bits per heavy atom. The molecule has 16 heavy (non-hydrogen) atoms. The monoisotopic (exact) mass is 236 g/mol. The molecule has 4 N–H and O–H groups in total. The zero-order valence-electron chi connectivity index (χ0n) is 8.66. The summed E-state index contributed by atoms with van der Waals surface area (Å²) in [4.78, 5) is 16.8. The first-order chi connectivity index (χ1) is 7.74. The fourth-order valence-corrected chi connectivity index (χ4v) is 2.19. The number of nitrogen functional groups attached to an aromatic ring is 1. The van der Waals surface area contributed by atoms with Crippen molar-refractivity contribution in [1.29, 1.82) is 0 Å². The van der Waals surface area contributed by atoms with Gasteiger partial charge in [0.1, 0.15) is 5.52 Å². The van der Waals surface area contributed by atoms with E-state index in [0.29, 0.717) is 27.7 Å². The summed E-state index contributed by atoms with van der Waals surface area (Å²) in [6, 6.07) is 0. The van der Waals surface area contributed by atoms with Crippen LogP contribution in [0.2, 0.25) is 0 Å². The number of hydrogen-bond donors (Lipinski definition) is 3. The predicted molar refractivity (Wildman–Crippen MR) is 64.9 cm³/mol. The number of nitrogens with two attached hydrogens (primary N) is 1. The van der Waals surface area contributed by atoms with Crippen molar-refractivity contribution in [3.8, 4) is 0 Å². The molecule has 0 atom stereocenters. The lowest BCUT2D eigenvalue weighted by molar-refractivity contribution is 0.907. The first-order valence-corrected chi connectivity index (χ1v) is 5.65. The Kier molecular flexibility index (Phi) is 2.06. The minimum atomic E-state index is 0.444. The molecule has 1 aliphatic heterocycles. The van der Waals surface area contributed by atoms with Crippen LogP contribution in [0.3, 0.4) is 0 Å². The number of hydrogen-bond acceptors (Lipinski definition) is 5. The summed E-state index contributed by atoms with van der Waals surface area (Å²) in [5.74, 6) is 1.13. The van der Waals surface area contributed by atoms with Crippen molar-refractivity contribution in [3.63, 3.8) is 0 Å². The van der Waals surface area contributed by atoms with Crippen LogP contribution in [0.1, 0.15) is 12.8 Å². The van der Waals surface area contributed by atoms with Gasteiger partial charge in [0.2, 0.25) is 5.95 Å². The van der Waals surface area contributed by atoms with Gasteiger partial charge in [-0.1, -0.05) is 0 Å². The van der Waals surface area contributed by atoms with Gasteiger partial charge >= 0.3 is 0 Å². The Morgan fingerprint density at radius 3 is 2.69 bits per heavy atom. The Balaban J connectivity index is 2.16. The molecule has 0 unspecified atom stereocenters. The second-order valence-electron chi connectivity index (χ2n) is 3.91. The van der Waals surface area contributed by atoms with Gasteiger partial charge in [-0.05, 0) is 25.1 Å². The van der Waals surface area contributed by atoms with E-state index in [0.717, 1.165) is 13.1 Å². The maximum absolute atomic E-state index is 5.86. The van der Waals surface area contributed by atoms with E-state index in [9.17, 15) is 0 Å². The van der Waals surface area contributed by atoms with Gasteiger partial charge in [-0.2, -0.15) is 9.97 Å². The molecule has 0 amide bonds. The van der Waals surface area contributed by atoms with Gasteiger partial charge in [-0.15, -0.1) is 0 Å². The van der Waals surface area contributed by atoms with E-state index in [4.69, 9.17) is 18.0 Å². The molecule has 7 heteroatoms. The highest BCUT2D eigenvalue weighted by molar-refractivity contribution is 7.71. The molecule has 1 saturated heterocycles. The summed E-state index contributed by atoms with van der Waals surface area (Å²) in [6.07, 6.45) is 2.37. The summed E-state index contributed by atoms with van der Waals surface area (Å²) >= 11 is 5.00. The van der Waals surface area contributed by atoms with E-state index in [1.54, 1.807) is 0 Å². The number of rotatable bonds is 1. The van der Waals surface area contributed by atoms with Crippen LogP contribution in [0.5, 0.6) is 0 Å². The maximum atomic E-state index is 5.86. The smallest absolute Gasteiger partial charge is 0.229 e. The number of anilines is 2. The number of nitrogens with one attached hydrogen (secondary N) is 2. The summed E-state index contributed by atoms with van der Waals surface area (Å²) in [7, 11) is 0. The summed E-state index contributed by atoms with van der Waals surface area (Å²) in [5, 5.41) is 0. The highest BCUT2D eigenvalue weighted by Gasteiger charge is 2.17. The molecule has 84 valence electrons. The molecule has 0 bridgehead atoms. The van der Waals surface area contributed by atoms with Gasteiger partial charge in [-0.25, -0.2) is 0 Å². The summed E-state index contributed by atoms with van der Waals surface area (Å²) in [5.41, 5.74) is 7.23. The number of nitrogens with zero attached hydrogens (tertiary/aromatic N) is 3. The van der Waals surface area contributed by atoms with Gasteiger partial charge < -0.3 is 20.6 Å². The average molecular weight is 236 g/mol. The third kappa shape index (κ3) is 1.44. The highest BCUT2D eigenvalue weighted by atomic mass is 32.1. The van der Waals surface area contributed by atoms with Crippen LogP contribution in [-0.2, 0) is 0 Å². The van der Waals surface area contributed by atoms with E-state index in [1.807, 2.05) is 0 Å². The molecule has 1 fully saturated rings. The van der Waals surface area contributed by atoms with Crippen LogP contribution >= 0.6 is 12.2 Å². The van der Waals surface area contributed by atoms with Crippen molar-refractivity contribution in [3.05, 3.63) is 4.77 Å². The van der Waals surface area contributed by atoms with Crippen LogP contribution in [0.25, 0.3) is 11.2 Å². The Hall–Kier alpha value is -1.63. The van der Waals surface area contributed by atoms with Crippen LogP contribution in [0.15, 0.2) is 0 Å². The third-order valence-electron chi connectivity index (χ3n) is 2.78. The van der Waals surface area contributed by atoms with Gasteiger partial charge in [0, 0.05) is 13.1 Å². The quantitative estimate of drug-likeness (QED) is 0.648. The largest absolute Gasteiger partial charge is 0.382 e. The van der Waals surface area contributed by atoms with Crippen LogP contribution in [0.4, 0.5) is 11.8 Å². The predicted octanol–water partition coefficient (Wildman–Crippen LogP) is 1.20. The van der Waals surface area contributed by atoms with Gasteiger partial charge in [0.05, 0.1) is 0 Å². The molecule has 0 saturated carbocycles. The lowest BCUT2D eigenvalue weighted by Crippen LogP contribution is -2.20. The van der Waals surface area contributed by atoms with E-state index < -0.39 is 0 Å². The molecule has 3 heterocycles. The first-order valence-electron chi connectivity index (χ1n) is 5.24. The number of H-pyrrole nitrogens is 2. The van der Waals surface area contributed by atoms with Crippen LogP contribution in [-0.4, -0.2) is 33.0 Å². The fourth-order valence-electron chi connectivity index (χ4n) is 1.99. The Morgan fingerprint density at radius 2 is 1.94 bits per heavy atom. The second kappa shape index (κ2) is 3.44. The van der Waals surface area contributed by atoms with Crippen molar-refractivity contribution in [2.24, 2.45) is 0 Å². The van der Waals surface area contributed by atoms with Crippen molar-refractivity contribution < 1.29 is 0 Å². The third-order valence-corrected chi connectivity index (χ3v) is 2.99. The SMILES string of the molecule is Nc1nc(N2CCCC2)nc2[nH]c(=S)[nH]c12. The Labute approximate surface area is 96.9 Å². The van der Waals surface area contributed by atoms with Gasteiger partial charge in [0.25, 0.3) is 0 Å². The molecule has 0 radical (unpaired) electrons. The van der Waals surface area contributed by atoms with Crippen molar-refractivity contribution >= 4 is 35.1 Å². The lowest BCUT2D eigenvalue weighted by Gasteiger charge is -2.14. The topological polar surface area (TPSA) is 86.6 Å². The number of imidazole rings is 1.